The fraction of sp³-hybridized carbons (Fsp3) is 0.435. The first-order valence-corrected chi connectivity index (χ1v) is 11.9. The van der Waals surface area contributed by atoms with Crippen LogP contribution >= 0.6 is 7.52 Å². The summed E-state index contributed by atoms with van der Waals surface area (Å²) >= 11 is 0. The molecule has 2 aromatic carbocycles. The molecule has 0 aromatic heterocycles. The first-order valence-electron chi connectivity index (χ1n) is 10.3. The summed E-state index contributed by atoms with van der Waals surface area (Å²) in [4.78, 5) is 12.6. The van der Waals surface area contributed by atoms with Crippen LogP contribution in [0.25, 0.3) is 0 Å². The van der Waals surface area contributed by atoms with E-state index in [0.717, 1.165) is 5.56 Å². The van der Waals surface area contributed by atoms with Crippen LogP contribution in [-0.2, 0) is 20.7 Å². The molecule has 5 nitrogen and oxygen atoms in total. The fourth-order valence-electron chi connectivity index (χ4n) is 2.56. The fourth-order valence-corrected chi connectivity index (χ4v) is 4.04. The summed E-state index contributed by atoms with van der Waals surface area (Å²) in [6.07, 6.45) is 0.159. The summed E-state index contributed by atoms with van der Waals surface area (Å²) in [5, 5.41) is 2.30. The third-order valence-electron chi connectivity index (χ3n) is 4.04. The Morgan fingerprint density at radius 2 is 1.55 bits per heavy atom. The number of alkyl halides is 2. The summed E-state index contributed by atoms with van der Waals surface area (Å²) in [5.41, 5.74) is -2.95. The van der Waals surface area contributed by atoms with E-state index in [9.17, 15) is 18.1 Å². The molecule has 0 saturated heterocycles. The molecule has 0 aliphatic rings. The molecule has 2 aromatic rings. The Morgan fingerprint density at radius 1 is 1.03 bits per heavy atom. The highest BCUT2D eigenvalue weighted by Gasteiger charge is 2.51. The zero-order valence-electron chi connectivity index (χ0n) is 18.7. The van der Waals surface area contributed by atoms with Gasteiger partial charge >= 0.3 is 19.2 Å². The lowest BCUT2D eigenvalue weighted by Crippen LogP contribution is -2.41. The van der Waals surface area contributed by atoms with Gasteiger partial charge in [0.2, 0.25) is 0 Å². The molecular formula is C23H32F2NO4P. The maximum Gasteiger partial charge on any atom is 0.385 e. The molecule has 0 amide bonds. The third-order valence-corrected chi connectivity index (χ3v) is 6.19. The second-order valence-electron chi connectivity index (χ2n) is 7.20. The van der Waals surface area contributed by atoms with E-state index in [1.165, 1.54) is 12.1 Å². The lowest BCUT2D eigenvalue weighted by Gasteiger charge is -2.29. The Balaban J connectivity index is 0.00000233. The summed E-state index contributed by atoms with van der Waals surface area (Å²) in [6.45, 7) is 8.15. The Morgan fingerprint density at radius 3 is 2.03 bits per heavy atom. The van der Waals surface area contributed by atoms with E-state index in [1.54, 1.807) is 42.5 Å². The Bertz CT molecular complexity index is 826. The SMILES string of the molecule is CC.CC(C)C[C@H](NP(=O)(Oc1ccccc1)C(C)(F)F)C(=O)OCc1ccccc1. The van der Waals surface area contributed by atoms with Crippen molar-refractivity contribution in [2.24, 2.45) is 5.92 Å². The maximum absolute atomic E-state index is 14.3. The van der Waals surface area contributed by atoms with Gasteiger partial charge in [0.15, 0.2) is 0 Å². The van der Waals surface area contributed by atoms with Crippen LogP contribution in [0.4, 0.5) is 8.78 Å². The average molecular weight is 455 g/mol. The van der Waals surface area contributed by atoms with E-state index in [2.05, 4.69) is 5.09 Å². The average Bonchev–Trinajstić information content (AvgIpc) is 2.73. The molecule has 0 saturated carbocycles. The van der Waals surface area contributed by atoms with Crippen molar-refractivity contribution in [2.75, 3.05) is 0 Å². The van der Waals surface area contributed by atoms with Crippen molar-refractivity contribution in [3.05, 3.63) is 66.2 Å². The number of para-hydroxylation sites is 1. The highest BCUT2D eigenvalue weighted by molar-refractivity contribution is 7.58. The van der Waals surface area contributed by atoms with Gasteiger partial charge in [0.1, 0.15) is 18.4 Å². The van der Waals surface area contributed by atoms with Gasteiger partial charge in [0.05, 0.1) is 0 Å². The van der Waals surface area contributed by atoms with Gasteiger partial charge in [-0.2, -0.15) is 8.78 Å². The molecule has 8 heteroatoms. The second kappa shape index (κ2) is 12.6. The van der Waals surface area contributed by atoms with Crippen molar-refractivity contribution in [1.82, 2.24) is 5.09 Å². The van der Waals surface area contributed by atoms with E-state index in [-0.39, 0.29) is 24.7 Å². The molecule has 0 bridgehead atoms. The van der Waals surface area contributed by atoms with E-state index in [0.29, 0.717) is 6.92 Å². The molecule has 0 heterocycles. The summed E-state index contributed by atoms with van der Waals surface area (Å²) < 4.78 is 52.1. The first-order chi connectivity index (χ1) is 14.6. The monoisotopic (exact) mass is 455 g/mol. The molecule has 1 unspecified atom stereocenters. The molecule has 0 fully saturated rings. The van der Waals surface area contributed by atoms with E-state index in [4.69, 9.17) is 9.26 Å². The van der Waals surface area contributed by atoms with Gasteiger partial charge in [-0.15, -0.1) is 0 Å². The first kappa shape index (κ1) is 26.8. The van der Waals surface area contributed by atoms with Gasteiger partial charge < -0.3 is 9.26 Å². The number of ether oxygens (including phenoxy) is 1. The minimum atomic E-state index is -4.77. The molecule has 1 N–H and O–H groups in total. The number of hydrogen-bond donors (Lipinski definition) is 1. The Labute approximate surface area is 183 Å². The largest absolute Gasteiger partial charge is 0.460 e. The van der Waals surface area contributed by atoms with Gasteiger partial charge in [-0.1, -0.05) is 76.2 Å². The number of carbonyl (C=O) groups is 1. The number of esters is 1. The van der Waals surface area contributed by atoms with Gasteiger partial charge in [-0.3, -0.25) is 9.36 Å². The van der Waals surface area contributed by atoms with Crippen molar-refractivity contribution >= 4 is 13.5 Å². The van der Waals surface area contributed by atoms with Crippen molar-refractivity contribution in [2.45, 2.75) is 59.4 Å². The number of rotatable bonds is 10. The summed E-state index contributed by atoms with van der Waals surface area (Å²) in [6, 6.07) is 15.4. The Hall–Kier alpha value is -2.24. The summed E-state index contributed by atoms with van der Waals surface area (Å²) in [7, 11) is -4.77. The van der Waals surface area contributed by atoms with Crippen LogP contribution in [0.1, 0.15) is 46.6 Å². The zero-order chi connectivity index (χ0) is 23.5. The minimum Gasteiger partial charge on any atom is -0.460 e. The predicted molar refractivity (Wildman–Crippen MR) is 119 cm³/mol. The van der Waals surface area contributed by atoms with Crippen LogP contribution in [0.2, 0.25) is 0 Å². The van der Waals surface area contributed by atoms with E-state index >= 15 is 0 Å². The number of hydrogen-bond acceptors (Lipinski definition) is 4. The highest BCUT2D eigenvalue weighted by atomic mass is 31.2. The van der Waals surface area contributed by atoms with E-state index in [1.807, 2.05) is 33.8 Å². The van der Waals surface area contributed by atoms with Crippen LogP contribution < -0.4 is 9.61 Å². The van der Waals surface area contributed by atoms with Gasteiger partial charge in [-0.25, -0.2) is 5.09 Å². The normalized spacial score (nSPS) is 14.1. The number of carbonyl (C=O) groups excluding carboxylic acids is 1. The van der Waals surface area contributed by atoms with Crippen molar-refractivity contribution < 1.29 is 27.4 Å². The van der Waals surface area contributed by atoms with Gasteiger partial charge in [0.25, 0.3) is 0 Å². The standard InChI is InChI=1S/C21H26F2NO4P.C2H6/c1-16(2)14-19(20(25)27-15-17-10-6-4-7-11-17)24-29(26,21(3,22)23)28-18-12-8-5-9-13-18;1-2/h4-13,16,19H,14-15H2,1-3H3,(H,24,26);1-2H3/t19-,29?;/m0./s1. The smallest absolute Gasteiger partial charge is 0.385 e. The van der Waals surface area contributed by atoms with Gasteiger partial charge in [-0.05, 0) is 30.0 Å². The molecule has 2 atom stereocenters. The molecule has 0 aliphatic carbocycles. The van der Waals surface area contributed by atoms with Crippen LogP contribution in [0, 0.1) is 5.92 Å². The number of nitrogens with one attached hydrogen (secondary N) is 1. The van der Waals surface area contributed by atoms with Crippen molar-refractivity contribution in [3.63, 3.8) is 0 Å². The number of benzene rings is 2. The number of halogens is 2. The highest BCUT2D eigenvalue weighted by Crippen LogP contribution is 2.57. The second-order valence-corrected chi connectivity index (χ2v) is 9.53. The van der Waals surface area contributed by atoms with E-state index < -0.39 is 25.2 Å². The molecular weight excluding hydrogens is 423 g/mol. The zero-order valence-corrected chi connectivity index (χ0v) is 19.6. The van der Waals surface area contributed by atoms with Gasteiger partial charge in [0, 0.05) is 6.92 Å². The summed E-state index contributed by atoms with van der Waals surface area (Å²) in [5.74, 6) is -0.776. The molecule has 0 aliphatic heterocycles. The van der Waals surface area contributed by atoms with Crippen molar-refractivity contribution in [3.8, 4) is 5.75 Å². The topological polar surface area (TPSA) is 64.6 Å². The van der Waals surface area contributed by atoms with Crippen LogP contribution in [-0.4, -0.2) is 17.7 Å². The quantitative estimate of drug-likeness (QED) is 0.321. The molecule has 31 heavy (non-hydrogen) atoms. The molecule has 172 valence electrons. The predicted octanol–water partition coefficient (Wildman–Crippen LogP) is 6.65. The molecule has 2 rings (SSSR count). The van der Waals surface area contributed by atoms with Crippen molar-refractivity contribution in [1.29, 1.82) is 0 Å². The third kappa shape index (κ3) is 8.80. The lowest BCUT2D eigenvalue weighted by molar-refractivity contribution is -0.147. The van der Waals surface area contributed by atoms with Crippen LogP contribution in [0.5, 0.6) is 5.75 Å². The Kier molecular flexibility index (Phi) is 10.9. The van der Waals surface area contributed by atoms with Crippen LogP contribution in [0.15, 0.2) is 60.7 Å². The molecule has 0 radical (unpaired) electrons. The lowest BCUT2D eigenvalue weighted by atomic mass is 10.1. The van der Waals surface area contributed by atoms with Crippen LogP contribution in [0.3, 0.4) is 0 Å². The minimum absolute atomic E-state index is 0.0116. The molecule has 0 spiro atoms. The maximum atomic E-state index is 14.3.